The summed E-state index contributed by atoms with van der Waals surface area (Å²) in [6, 6.07) is 14.1. The fourth-order valence-electron chi connectivity index (χ4n) is 2.65. The molecule has 0 saturated heterocycles. The second-order valence-corrected chi connectivity index (χ2v) is 5.19. The van der Waals surface area contributed by atoms with Crippen molar-refractivity contribution in [3.05, 3.63) is 72.0 Å². The predicted molar refractivity (Wildman–Crippen MR) is 84.3 cm³/mol. The second kappa shape index (κ2) is 5.18. The van der Waals surface area contributed by atoms with Crippen LogP contribution in [0.25, 0.3) is 5.70 Å². The molecule has 5 nitrogen and oxygen atoms in total. The third kappa shape index (κ3) is 2.11. The van der Waals surface area contributed by atoms with Crippen LogP contribution in [0, 0.1) is 0 Å². The third-order valence-corrected chi connectivity index (χ3v) is 3.75. The Morgan fingerprint density at radius 2 is 2.05 bits per heavy atom. The van der Waals surface area contributed by atoms with E-state index < -0.39 is 0 Å². The lowest BCUT2D eigenvalue weighted by molar-refractivity contribution is 0.547. The predicted octanol–water partition coefficient (Wildman–Crippen LogP) is 3.49. The lowest BCUT2D eigenvalue weighted by atomic mass is 10.0. The lowest BCUT2D eigenvalue weighted by Gasteiger charge is -2.23. The summed E-state index contributed by atoms with van der Waals surface area (Å²) in [6.45, 7) is 2.06. The van der Waals surface area contributed by atoms with E-state index in [1.165, 1.54) is 5.56 Å². The highest BCUT2D eigenvalue weighted by Crippen LogP contribution is 2.32. The minimum Gasteiger partial charge on any atom is -0.463 e. The lowest BCUT2D eigenvalue weighted by Crippen LogP contribution is -2.20. The first kappa shape index (κ1) is 12.9. The van der Waals surface area contributed by atoms with Crippen LogP contribution in [0.1, 0.15) is 30.1 Å². The molecule has 3 heterocycles. The SMILES string of the molecule is CCc1nc2n(n1)[C@H](c1ccccc1)C=C(c1ccco1)N2. The van der Waals surface area contributed by atoms with Crippen LogP contribution in [0.2, 0.25) is 0 Å². The van der Waals surface area contributed by atoms with E-state index >= 15 is 0 Å². The molecule has 1 aliphatic heterocycles. The molecule has 0 radical (unpaired) electrons. The summed E-state index contributed by atoms with van der Waals surface area (Å²) in [5.74, 6) is 2.38. The molecule has 4 rings (SSSR count). The number of hydrogen-bond donors (Lipinski definition) is 1. The molecule has 1 atom stereocenters. The van der Waals surface area contributed by atoms with E-state index in [0.29, 0.717) is 0 Å². The third-order valence-electron chi connectivity index (χ3n) is 3.75. The maximum Gasteiger partial charge on any atom is 0.226 e. The summed E-state index contributed by atoms with van der Waals surface area (Å²) in [4.78, 5) is 4.56. The number of benzene rings is 1. The molecule has 0 amide bonds. The van der Waals surface area contributed by atoms with Crippen LogP contribution < -0.4 is 5.32 Å². The van der Waals surface area contributed by atoms with Gasteiger partial charge in [0.05, 0.1) is 12.0 Å². The highest BCUT2D eigenvalue weighted by atomic mass is 16.3. The van der Waals surface area contributed by atoms with Crippen LogP contribution in [0.5, 0.6) is 0 Å². The number of fused-ring (bicyclic) bond motifs is 1. The first-order chi connectivity index (χ1) is 10.8. The average Bonchev–Trinajstić information content (AvgIpc) is 3.23. The second-order valence-electron chi connectivity index (χ2n) is 5.19. The molecule has 0 saturated carbocycles. The molecular formula is C17H16N4O. The van der Waals surface area contributed by atoms with Crippen molar-refractivity contribution in [2.24, 2.45) is 0 Å². The van der Waals surface area contributed by atoms with Gasteiger partial charge in [-0.1, -0.05) is 37.3 Å². The molecule has 1 aliphatic rings. The Morgan fingerprint density at radius 1 is 1.18 bits per heavy atom. The Bertz CT molecular complexity index is 803. The molecule has 1 N–H and O–H groups in total. The van der Waals surface area contributed by atoms with Gasteiger partial charge in [0.15, 0.2) is 5.82 Å². The Hall–Kier alpha value is -2.82. The number of anilines is 1. The molecule has 0 aliphatic carbocycles. The molecule has 5 heteroatoms. The van der Waals surface area contributed by atoms with Gasteiger partial charge in [-0.15, -0.1) is 0 Å². The van der Waals surface area contributed by atoms with E-state index in [-0.39, 0.29) is 6.04 Å². The van der Waals surface area contributed by atoms with Crippen LogP contribution in [-0.2, 0) is 6.42 Å². The van der Waals surface area contributed by atoms with Gasteiger partial charge in [0, 0.05) is 6.42 Å². The summed E-state index contributed by atoms with van der Waals surface area (Å²) < 4.78 is 7.45. The minimum atomic E-state index is 0.00495. The van der Waals surface area contributed by atoms with Crippen molar-refractivity contribution in [3.8, 4) is 0 Å². The maximum atomic E-state index is 5.52. The van der Waals surface area contributed by atoms with E-state index in [9.17, 15) is 0 Å². The Labute approximate surface area is 128 Å². The molecule has 0 fully saturated rings. The van der Waals surface area contributed by atoms with Crippen molar-refractivity contribution in [2.45, 2.75) is 19.4 Å². The Balaban J connectivity index is 1.84. The van der Waals surface area contributed by atoms with E-state index in [1.807, 2.05) is 35.0 Å². The largest absolute Gasteiger partial charge is 0.463 e. The quantitative estimate of drug-likeness (QED) is 0.803. The number of rotatable bonds is 3. The zero-order valence-corrected chi connectivity index (χ0v) is 12.2. The molecule has 1 aromatic carbocycles. The van der Waals surface area contributed by atoms with Crippen LogP contribution >= 0.6 is 0 Å². The minimum absolute atomic E-state index is 0.00495. The van der Waals surface area contributed by atoms with Gasteiger partial charge in [-0.2, -0.15) is 10.1 Å². The molecule has 3 aromatic rings. The molecule has 0 bridgehead atoms. The standard InChI is InChI=1S/C17H16N4O/c1-2-16-19-17-18-13(15-9-6-10-22-15)11-14(21(17)20-16)12-7-4-3-5-8-12/h3-11,14H,2H2,1H3,(H,18,19,20)/t14-/m0/s1. The zero-order valence-electron chi connectivity index (χ0n) is 12.2. The van der Waals surface area contributed by atoms with E-state index in [2.05, 4.69) is 40.5 Å². The van der Waals surface area contributed by atoms with Crippen LogP contribution in [0.3, 0.4) is 0 Å². The summed E-state index contributed by atoms with van der Waals surface area (Å²) in [6.07, 6.45) is 4.60. The van der Waals surface area contributed by atoms with Gasteiger partial charge in [0.1, 0.15) is 11.8 Å². The van der Waals surface area contributed by atoms with E-state index in [0.717, 1.165) is 29.7 Å². The smallest absolute Gasteiger partial charge is 0.226 e. The number of aryl methyl sites for hydroxylation is 1. The van der Waals surface area contributed by atoms with Crippen molar-refractivity contribution >= 4 is 11.6 Å². The topological polar surface area (TPSA) is 55.9 Å². The van der Waals surface area contributed by atoms with Crippen molar-refractivity contribution < 1.29 is 4.42 Å². The monoisotopic (exact) mass is 292 g/mol. The Kier molecular flexibility index (Phi) is 3.04. The first-order valence-corrected chi connectivity index (χ1v) is 7.38. The highest BCUT2D eigenvalue weighted by molar-refractivity contribution is 5.74. The Morgan fingerprint density at radius 3 is 2.77 bits per heavy atom. The summed E-state index contributed by atoms with van der Waals surface area (Å²) in [5, 5.41) is 7.92. The number of aromatic nitrogens is 3. The summed E-state index contributed by atoms with van der Waals surface area (Å²) >= 11 is 0. The number of hydrogen-bond acceptors (Lipinski definition) is 4. The van der Waals surface area contributed by atoms with E-state index in [4.69, 9.17) is 4.42 Å². The zero-order chi connectivity index (χ0) is 14.9. The van der Waals surface area contributed by atoms with Crippen molar-refractivity contribution in [3.63, 3.8) is 0 Å². The van der Waals surface area contributed by atoms with Crippen molar-refractivity contribution in [1.29, 1.82) is 0 Å². The van der Waals surface area contributed by atoms with Crippen LogP contribution in [0.15, 0.2) is 59.2 Å². The fourth-order valence-corrected chi connectivity index (χ4v) is 2.65. The molecular weight excluding hydrogens is 276 g/mol. The van der Waals surface area contributed by atoms with Gasteiger partial charge in [0.2, 0.25) is 5.95 Å². The van der Waals surface area contributed by atoms with Gasteiger partial charge in [-0.25, -0.2) is 4.68 Å². The van der Waals surface area contributed by atoms with Crippen molar-refractivity contribution in [2.75, 3.05) is 5.32 Å². The molecule has 22 heavy (non-hydrogen) atoms. The fraction of sp³-hybridized carbons (Fsp3) is 0.176. The maximum absolute atomic E-state index is 5.52. The normalized spacial score (nSPS) is 16.8. The molecule has 0 unspecified atom stereocenters. The van der Waals surface area contributed by atoms with Crippen LogP contribution in [-0.4, -0.2) is 14.8 Å². The van der Waals surface area contributed by atoms with Crippen molar-refractivity contribution in [1.82, 2.24) is 14.8 Å². The summed E-state index contributed by atoms with van der Waals surface area (Å²) in [5.41, 5.74) is 2.09. The van der Waals surface area contributed by atoms with Gasteiger partial charge < -0.3 is 9.73 Å². The van der Waals surface area contributed by atoms with Gasteiger partial charge in [-0.3, -0.25) is 0 Å². The number of nitrogens with zero attached hydrogens (tertiary/aromatic N) is 3. The van der Waals surface area contributed by atoms with Gasteiger partial charge in [0.25, 0.3) is 0 Å². The highest BCUT2D eigenvalue weighted by Gasteiger charge is 2.25. The molecule has 2 aromatic heterocycles. The van der Waals surface area contributed by atoms with E-state index in [1.54, 1.807) is 6.26 Å². The molecule has 0 spiro atoms. The summed E-state index contributed by atoms with van der Waals surface area (Å²) in [7, 11) is 0. The van der Waals surface area contributed by atoms with Gasteiger partial charge >= 0.3 is 0 Å². The number of furan rings is 1. The van der Waals surface area contributed by atoms with Gasteiger partial charge in [-0.05, 0) is 23.8 Å². The molecule has 110 valence electrons. The number of allylic oxidation sites excluding steroid dienone is 1. The van der Waals surface area contributed by atoms with Crippen LogP contribution in [0.4, 0.5) is 5.95 Å². The number of nitrogens with one attached hydrogen (secondary N) is 1. The average molecular weight is 292 g/mol. The first-order valence-electron chi connectivity index (χ1n) is 7.38.